The summed E-state index contributed by atoms with van der Waals surface area (Å²) in [5, 5.41) is 8.42. The van der Waals surface area contributed by atoms with E-state index >= 15 is 0 Å². The van der Waals surface area contributed by atoms with Crippen LogP contribution in [0.15, 0.2) is 36.4 Å². The van der Waals surface area contributed by atoms with Gasteiger partial charge >= 0.3 is 0 Å². The second-order valence-corrected chi connectivity index (χ2v) is 6.69. The standard InChI is InChI=1S/C19H22N4O/c1-14-8-9-18(21-20-14)22-11-4-6-16(13-22)19(24)23-12-10-15-5-2-3-7-17(15)23/h2-3,5,7-9,16H,4,6,10-13H2,1H3. The lowest BCUT2D eigenvalue weighted by Gasteiger charge is -2.34. The van der Waals surface area contributed by atoms with Gasteiger partial charge in [0, 0.05) is 25.3 Å². The van der Waals surface area contributed by atoms with Crippen molar-refractivity contribution in [3.8, 4) is 0 Å². The van der Waals surface area contributed by atoms with Crippen molar-refractivity contribution >= 4 is 17.4 Å². The first-order valence-corrected chi connectivity index (χ1v) is 8.67. The maximum absolute atomic E-state index is 13.1. The van der Waals surface area contributed by atoms with Crippen LogP contribution in [0.1, 0.15) is 24.1 Å². The predicted octanol–water partition coefficient (Wildman–Crippen LogP) is 2.59. The summed E-state index contributed by atoms with van der Waals surface area (Å²) in [5.74, 6) is 1.16. The molecule has 2 aromatic rings. The Bertz CT molecular complexity index is 743. The molecular formula is C19H22N4O. The van der Waals surface area contributed by atoms with Gasteiger partial charge in [0.05, 0.1) is 11.6 Å². The Labute approximate surface area is 142 Å². The van der Waals surface area contributed by atoms with E-state index in [4.69, 9.17) is 0 Å². The highest BCUT2D eigenvalue weighted by molar-refractivity contribution is 5.97. The van der Waals surface area contributed by atoms with Crippen molar-refractivity contribution in [3.63, 3.8) is 0 Å². The second kappa shape index (κ2) is 6.23. The lowest BCUT2D eigenvalue weighted by molar-refractivity contribution is -0.122. The molecule has 1 unspecified atom stereocenters. The summed E-state index contributed by atoms with van der Waals surface area (Å²) in [6.45, 7) is 4.41. The van der Waals surface area contributed by atoms with Crippen molar-refractivity contribution in [2.75, 3.05) is 29.4 Å². The van der Waals surface area contributed by atoms with Crippen molar-refractivity contribution in [3.05, 3.63) is 47.7 Å². The zero-order valence-electron chi connectivity index (χ0n) is 14.0. The molecule has 1 amide bonds. The van der Waals surface area contributed by atoms with E-state index in [2.05, 4.69) is 27.2 Å². The minimum atomic E-state index is 0.0352. The quantitative estimate of drug-likeness (QED) is 0.853. The van der Waals surface area contributed by atoms with E-state index in [0.29, 0.717) is 0 Å². The van der Waals surface area contributed by atoms with Gasteiger partial charge < -0.3 is 9.80 Å². The summed E-state index contributed by atoms with van der Waals surface area (Å²) in [6, 6.07) is 12.2. The molecule has 0 bridgehead atoms. The molecule has 0 aliphatic carbocycles. The molecular weight excluding hydrogens is 300 g/mol. The van der Waals surface area contributed by atoms with Gasteiger partial charge in [-0.1, -0.05) is 18.2 Å². The van der Waals surface area contributed by atoms with Crippen LogP contribution in [0.3, 0.4) is 0 Å². The number of hydrogen-bond acceptors (Lipinski definition) is 4. The molecule has 0 N–H and O–H groups in total. The fourth-order valence-corrected chi connectivity index (χ4v) is 3.73. The van der Waals surface area contributed by atoms with Crippen LogP contribution in [0.5, 0.6) is 0 Å². The largest absolute Gasteiger partial charge is 0.354 e. The molecule has 1 saturated heterocycles. The molecule has 1 atom stereocenters. The Morgan fingerprint density at radius 2 is 2.00 bits per heavy atom. The Hall–Kier alpha value is -2.43. The molecule has 5 heteroatoms. The average Bonchev–Trinajstić information content (AvgIpc) is 3.06. The minimum absolute atomic E-state index is 0.0352. The smallest absolute Gasteiger partial charge is 0.231 e. The number of para-hydroxylation sites is 1. The van der Waals surface area contributed by atoms with Crippen LogP contribution in [0.4, 0.5) is 11.5 Å². The molecule has 5 nitrogen and oxygen atoms in total. The second-order valence-electron chi connectivity index (χ2n) is 6.69. The van der Waals surface area contributed by atoms with Crippen molar-refractivity contribution in [2.45, 2.75) is 26.2 Å². The van der Waals surface area contributed by atoms with Gasteiger partial charge in [0.15, 0.2) is 5.82 Å². The van der Waals surface area contributed by atoms with E-state index in [9.17, 15) is 4.79 Å². The zero-order valence-corrected chi connectivity index (χ0v) is 14.0. The van der Waals surface area contributed by atoms with Crippen LogP contribution < -0.4 is 9.80 Å². The molecule has 1 aromatic heterocycles. The van der Waals surface area contributed by atoms with E-state index in [1.807, 2.05) is 36.1 Å². The van der Waals surface area contributed by atoms with E-state index in [1.165, 1.54) is 5.56 Å². The number of benzene rings is 1. The highest BCUT2D eigenvalue weighted by atomic mass is 16.2. The number of carbonyl (C=O) groups excluding carboxylic acids is 1. The topological polar surface area (TPSA) is 49.3 Å². The first-order chi connectivity index (χ1) is 11.7. The van der Waals surface area contributed by atoms with Gasteiger partial charge in [0.25, 0.3) is 0 Å². The normalized spacial score (nSPS) is 20.1. The molecule has 0 saturated carbocycles. The number of rotatable bonds is 2. The van der Waals surface area contributed by atoms with Crippen LogP contribution in [0, 0.1) is 12.8 Å². The molecule has 0 radical (unpaired) electrons. The maximum atomic E-state index is 13.1. The van der Waals surface area contributed by atoms with Crippen LogP contribution in [0.2, 0.25) is 0 Å². The van der Waals surface area contributed by atoms with E-state index in [-0.39, 0.29) is 11.8 Å². The lowest BCUT2D eigenvalue weighted by Crippen LogP contribution is -2.45. The number of piperidine rings is 1. The fraction of sp³-hybridized carbons (Fsp3) is 0.421. The van der Waals surface area contributed by atoms with E-state index in [0.717, 1.165) is 56.1 Å². The van der Waals surface area contributed by atoms with Gasteiger partial charge in [-0.25, -0.2) is 0 Å². The van der Waals surface area contributed by atoms with Crippen LogP contribution in [0.25, 0.3) is 0 Å². The van der Waals surface area contributed by atoms with Crippen molar-refractivity contribution < 1.29 is 4.79 Å². The Morgan fingerprint density at radius 1 is 1.12 bits per heavy atom. The molecule has 0 spiro atoms. The van der Waals surface area contributed by atoms with Gasteiger partial charge in [0.2, 0.25) is 5.91 Å². The average molecular weight is 322 g/mol. The number of aromatic nitrogens is 2. The first-order valence-electron chi connectivity index (χ1n) is 8.67. The van der Waals surface area contributed by atoms with Gasteiger partial charge in [-0.3, -0.25) is 4.79 Å². The Morgan fingerprint density at radius 3 is 2.83 bits per heavy atom. The Kier molecular flexibility index (Phi) is 3.92. The summed E-state index contributed by atoms with van der Waals surface area (Å²) < 4.78 is 0. The molecule has 1 aromatic carbocycles. The summed E-state index contributed by atoms with van der Waals surface area (Å²) >= 11 is 0. The van der Waals surface area contributed by atoms with Crippen LogP contribution in [-0.4, -0.2) is 35.7 Å². The predicted molar refractivity (Wildman–Crippen MR) is 94.2 cm³/mol. The number of fused-ring (bicyclic) bond motifs is 1. The van der Waals surface area contributed by atoms with Crippen molar-refractivity contribution in [1.29, 1.82) is 0 Å². The number of hydrogen-bond donors (Lipinski definition) is 0. The van der Waals surface area contributed by atoms with Crippen molar-refractivity contribution in [1.82, 2.24) is 10.2 Å². The van der Waals surface area contributed by atoms with Gasteiger partial charge in [-0.05, 0) is 49.9 Å². The Balaban J connectivity index is 1.50. The van der Waals surface area contributed by atoms with Crippen LogP contribution in [-0.2, 0) is 11.2 Å². The van der Waals surface area contributed by atoms with E-state index < -0.39 is 0 Å². The summed E-state index contributed by atoms with van der Waals surface area (Å²) in [4.78, 5) is 17.2. The van der Waals surface area contributed by atoms with Crippen LogP contribution >= 0.6 is 0 Å². The third-order valence-corrected chi connectivity index (χ3v) is 5.03. The third-order valence-electron chi connectivity index (χ3n) is 5.03. The molecule has 2 aliphatic heterocycles. The number of aryl methyl sites for hydroxylation is 1. The maximum Gasteiger partial charge on any atom is 0.231 e. The molecule has 3 heterocycles. The molecule has 4 rings (SSSR count). The third kappa shape index (κ3) is 2.75. The SMILES string of the molecule is Cc1ccc(N2CCCC(C(=O)N3CCc4ccccc43)C2)nn1. The molecule has 124 valence electrons. The number of anilines is 2. The van der Waals surface area contributed by atoms with Gasteiger partial charge in [0.1, 0.15) is 0 Å². The molecule has 2 aliphatic rings. The van der Waals surface area contributed by atoms with Gasteiger partial charge in [-0.15, -0.1) is 5.10 Å². The minimum Gasteiger partial charge on any atom is -0.354 e. The number of amides is 1. The first kappa shape index (κ1) is 15.1. The summed E-state index contributed by atoms with van der Waals surface area (Å²) in [6.07, 6.45) is 2.93. The number of carbonyl (C=O) groups is 1. The fourth-order valence-electron chi connectivity index (χ4n) is 3.73. The highest BCUT2D eigenvalue weighted by Gasteiger charge is 2.33. The summed E-state index contributed by atoms with van der Waals surface area (Å²) in [7, 11) is 0. The van der Waals surface area contributed by atoms with Crippen molar-refractivity contribution in [2.24, 2.45) is 5.92 Å². The molecule has 1 fully saturated rings. The van der Waals surface area contributed by atoms with E-state index in [1.54, 1.807) is 0 Å². The summed E-state index contributed by atoms with van der Waals surface area (Å²) in [5.41, 5.74) is 3.29. The highest BCUT2D eigenvalue weighted by Crippen LogP contribution is 2.31. The molecule has 24 heavy (non-hydrogen) atoms. The monoisotopic (exact) mass is 322 g/mol. The van der Waals surface area contributed by atoms with Gasteiger partial charge in [-0.2, -0.15) is 5.10 Å². The zero-order chi connectivity index (χ0) is 16.5. The lowest BCUT2D eigenvalue weighted by atomic mass is 9.96. The number of nitrogens with zero attached hydrogens (tertiary/aromatic N) is 4.